The number of carbonyl (C=O) groups is 1. The largest absolute Gasteiger partial charge is 0.328 e. The maximum Gasteiger partial charge on any atom is 0.328 e. The van der Waals surface area contributed by atoms with E-state index in [1.807, 2.05) is 77.7 Å². The number of hydrogen-bond acceptors (Lipinski definition) is 2. The molecule has 2 amide bonds. The van der Waals surface area contributed by atoms with Crippen LogP contribution in [0.3, 0.4) is 0 Å². The monoisotopic (exact) mass is 330 g/mol. The molecule has 0 aliphatic carbocycles. The molecule has 124 valence electrons. The molecule has 1 heterocycles. The van der Waals surface area contributed by atoms with Crippen LogP contribution in [-0.4, -0.2) is 30.0 Å². The van der Waals surface area contributed by atoms with Crippen LogP contribution in [0.25, 0.3) is 10.8 Å². The highest BCUT2D eigenvalue weighted by atomic mass is 16.2. The van der Waals surface area contributed by atoms with Crippen LogP contribution < -0.4 is 10.2 Å². The van der Waals surface area contributed by atoms with Crippen LogP contribution in [-0.2, 0) is 0 Å². The van der Waals surface area contributed by atoms with Gasteiger partial charge in [0.2, 0.25) is 5.96 Å². The molecule has 5 nitrogen and oxygen atoms in total. The Hall–Kier alpha value is -3.34. The molecule has 2 N–H and O–H groups in total. The zero-order chi connectivity index (χ0) is 17.2. The molecule has 0 radical (unpaired) electrons. The molecule has 0 bridgehead atoms. The van der Waals surface area contributed by atoms with Crippen molar-refractivity contribution in [1.82, 2.24) is 4.90 Å². The summed E-state index contributed by atoms with van der Waals surface area (Å²) in [4.78, 5) is 16.0. The maximum absolute atomic E-state index is 12.7. The Kier molecular flexibility index (Phi) is 3.82. The molecule has 0 unspecified atom stereocenters. The van der Waals surface area contributed by atoms with Gasteiger partial charge in [-0.15, -0.1) is 0 Å². The number of fused-ring (bicyclic) bond motifs is 1. The third-order valence-corrected chi connectivity index (χ3v) is 4.40. The summed E-state index contributed by atoms with van der Waals surface area (Å²) >= 11 is 0. The number of urea groups is 1. The second-order valence-corrected chi connectivity index (χ2v) is 5.92. The minimum Gasteiger partial charge on any atom is -0.311 e. The number of nitrogens with zero attached hydrogens (tertiary/aromatic N) is 2. The molecule has 5 heteroatoms. The number of anilines is 2. The lowest BCUT2D eigenvalue weighted by Crippen LogP contribution is -2.39. The van der Waals surface area contributed by atoms with Gasteiger partial charge < -0.3 is 10.2 Å². The summed E-state index contributed by atoms with van der Waals surface area (Å²) in [6.07, 6.45) is 0. The van der Waals surface area contributed by atoms with Crippen LogP contribution in [0.4, 0.5) is 16.2 Å². The van der Waals surface area contributed by atoms with Crippen LogP contribution in [0.2, 0.25) is 0 Å². The average Bonchev–Trinajstić information content (AvgIpc) is 3.04. The van der Waals surface area contributed by atoms with Crippen molar-refractivity contribution < 1.29 is 4.79 Å². The van der Waals surface area contributed by atoms with Gasteiger partial charge >= 0.3 is 6.03 Å². The number of carbonyl (C=O) groups excluding carboxylic acids is 1. The van der Waals surface area contributed by atoms with E-state index in [0.29, 0.717) is 13.1 Å². The number of rotatable bonds is 2. The lowest BCUT2D eigenvalue weighted by molar-refractivity contribution is 0.236. The van der Waals surface area contributed by atoms with E-state index in [0.717, 1.165) is 22.1 Å². The lowest BCUT2D eigenvalue weighted by atomic mass is 10.1. The van der Waals surface area contributed by atoms with Gasteiger partial charge in [-0.25, -0.2) is 4.79 Å². The van der Waals surface area contributed by atoms with Crippen molar-refractivity contribution in [3.8, 4) is 0 Å². The minimum absolute atomic E-state index is 0.198. The van der Waals surface area contributed by atoms with E-state index in [2.05, 4.69) is 5.32 Å². The Morgan fingerprint density at radius 1 is 0.880 bits per heavy atom. The smallest absolute Gasteiger partial charge is 0.311 e. The van der Waals surface area contributed by atoms with Crippen molar-refractivity contribution in [3.05, 3.63) is 72.8 Å². The number of benzene rings is 3. The predicted octanol–water partition coefficient (Wildman–Crippen LogP) is 4.13. The fourth-order valence-corrected chi connectivity index (χ4v) is 3.13. The number of guanidine groups is 1. The Morgan fingerprint density at radius 3 is 2.44 bits per heavy atom. The zero-order valence-electron chi connectivity index (χ0n) is 13.6. The summed E-state index contributed by atoms with van der Waals surface area (Å²) in [5.41, 5.74) is 1.68. The van der Waals surface area contributed by atoms with E-state index < -0.39 is 0 Å². The zero-order valence-corrected chi connectivity index (χ0v) is 13.6. The number of para-hydroxylation sites is 1. The topological polar surface area (TPSA) is 59.4 Å². The van der Waals surface area contributed by atoms with Gasteiger partial charge in [0.15, 0.2) is 0 Å². The number of hydrogen-bond donors (Lipinski definition) is 2. The van der Waals surface area contributed by atoms with Crippen LogP contribution in [0.1, 0.15) is 0 Å². The molecule has 3 aromatic carbocycles. The standard InChI is InChI=1S/C20H18N4O/c21-19-23(16-9-2-1-3-10-16)13-14-24(19)20(25)22-18-12-6-8-15-7-4-5-11-17(15)18/h1-12,21H,13-14H2,(H,22,25). The maximum atomic E-state index is 12.7. The summed E-state index contributed by atoms with van der Waals surface area (Å²) in [5.74, 6) is 0.198. The number of amides is 2. The van der Waals surface area contributed by atoms with Crippen LogP contribution in [0, 0.1) is 5.41 Å². The molecule has 1 fully saturated rings. The van der Waals surface area contributed by atoms with Crippen molar-refractivity contribution in [2.75, 3.05) is 23.3 Å². The molecule has 0 spiro atoms. The Morgan fingerprint density at radius 2 is 1.60 bits per heavy atom. The number of nitrogens with one attached hydrogen (secondary N) is 2. The van der Waals surface area contributed by atoms with Gasteiger partial charge in [-0.2, -0.15) is 0 Å². The first-order chi connectivity index (χ1) is 12.2. The summed E-state index contributed by atoms with van der Waals surface area (Å²) in [6.45, 7) is 1.11. The Bertz CT molecular complexity index is 933. The van der Waals surface area contributed by atoms with E-state index >= 15 is 0 Å². The fraction of sp³-hybridized carbons (Fsp3) is 0.100. The van der Waals surface area contributed by atoms with Crippen LogP contribution in [0.5, 0.6) is 0 Å². The van der Waals surface area contributed by atoms with Crippen molar-refractivity contribution in [2.45, 2.75) is 0 Å². The molecule has 0 aromatic heterocycles. The first kappa shape index (κ1) is 15.2. The van der Waals surface area contributed by atoms with Crippen LogP contribution in [0.15, 0.2) is 72.8 Å². The minimum atomic E-state index is -0.278. The lowest BCUT2D eigenvalue weighted by Gasteiger charge is -2.21. The second kappa shape index (κ2) is 6.28. The molecule has 0 atom stereocenters. The van der Waals surface area contributed by atoms with Crippen molar-refractivity contribution >= 4 is 34.1 Å². The first-order valence-corrected chi connectivity index (χ1v) is 8.21. The third kappa shape index (κ3) is 2.80. The molecule has 4 rings (SSSR count). The molecule has 25 heavy (non-hydrogen) atoms. The van der Waals surface area contributed by atoms with E-state index in [9.17, 15) is 4.79 Å². The summed E-state index contributed by atoms with van der Waals surface area (Å²) in [5, 5.41) is 13.4. The predicted molar refractivity (Wildman–Crippen MR) is 101 cm³/mol. The quantitative estimate of drug-likeness (QED) is 0.742. The molecule has 3 aromatic rings. The third-order valence-electron chi connectivity index (χ3n) is 4.40. The van der Waals surface area contributed by atoms with Crippen molar-refractivity contribution in [3.63, 3.8) is 0 Å². The summed E-state index contributed by atoms with van der Waals surface area (Å²) < 4.78 is 0. The molecular formula is C20H18N4O. The highest BCUT2D eigenvalue weighted by Crippen LogP contribution is 2.24. The highest BCUT2D eigenvalue weighted by Gasteiger charge is 2.31. The normalized spacial score (nSPS) is 14.2. The molecule has 0 saturated carbocycles. The van der Waals surface area contributed by atoms with Gasteiger partial charge in [0, 0.05) is 24.2 Å². The average molecular weight is 330 g/mol. The van der Waals surface area contributed by atoms with Gasteiger partial charge in [-0.1, -0.05) is 54.6 Å². The summed E-state index contributed by atoms with van der Waals surface area (Å²) in [7, 11) is 0. The van der Waals surface area contributed by atoms with E-state index in [1.165, 1.54) is 4.90 Å². The van der Waals surface area contributed by atoms with Gasteiger partial charge in [-0.05, 0) is 23.6 Å². The fourth-order valence-electron chi connectivity index (χ4n) is 3.13. The molecule has 1 aliphatic heterocycles. The highest BCUT2D eigenvalue weighted by molar-refractivity contribution is 6.11. The SMILES string of the molecule is N=C1N(C(=O)Nc2cccc3ccccc23)CCN1c1ccccc1. The molecule has 1 saturated heterocycles. The van der Waals surface area contributed by atoms with Gasteiger partial charge in [-0.3, -0.25) is 10.3 Å². The van der Waals surface area contributed by atoms with Crippen LogP contribution >= 0.6 is 0 Å². The van der Waals surface area contributed by atoms with Gasteiger partial charge in [0.1, 0.15) is 0 Å². The van der Waals surface area contributed by atoms with Crippen molar-refractivity contribution in [2.24, 2.45) is 0 Å². The van der Waals surface area contributed by atoms with Gasteiger partial charge in [0.25, 0.3) is 0 Å². The van der Waals surface area contributed by atoms with Gasteiger partial charge in [0.05, 0.1) is 5.69 Å². The van der Waals surface area contributed by atoms with E-state index in [-0.39, 0.29) is 12.0 Å². The molecule has 1 aliphatic rings. The Labute approximate surface area is 146 Å². The Balaban J connectivity index is 1.55. The molecular weight excluding hydrogens is 312 g/mol. The second-order valence-electron chi connectivity index (χ2n) is 5.92. The first-order valence-electron chi connectivity index (χ1n) is 8.21. The van der Waals surface area contributed by atoms with E-state index in [1.54, 1.807) is 0 Å². The van der Waals surface area contributed by atoms with Crippen molar-refractivity contribution in [1.29, 1.82) is 5.41 Å². The summed E-state index contributed by atoms with van der Waals surface area (Å²) in [6, 6.07) is 23.2. The van der Waals surface area contributed by atoms with E-state index in [4.69, 9.17) is 5.41 Å².